The van der Waals surface area contributed by atoms with Gasteiger partial charge in [-0.25, -0.2) is 9.97 Å². The second kappa shape index (κ2) is 11.7. The van der Waals surface area contributed by atoms with Crippen molar-refractivity contribution >= 4 is 22.1 Å². The van der Waals surface area contributed by atoms with Crippen molar-refractivity contribution in [2.75, 3.05) is 0 Å². The maximum atomic E-state index is 6.85. The van der Waals surface area contributed by atoms with Crippen LogP contribution in [0.3, 0.4) is 0 Å². The molecule has 0 N–H and O–H groups in total. The predicted molar refractivity (Wildman–Crippen MR) is 224 cm³/mol. The first-order valence-electron chi connectivity index (χ1n) is 19.0. The van der Waals surface area contributed by atoms with Crippen molar-refractivity contribution in [3.63, 3.8) is 0 Å². The Balaban J connectivity index is 1.16. The SMILES string of the molecule is c1ccc(-n2c(-c3ccc4c(c3)C3(c5ccccc5O4)c4ccccc4-c4ccc(-c5nc6ccccc6n5-c5ccccc5)cc43)nc3ccccc32)cc1. The van der Waals surface area contributed by atoms with E-state index in [1.54, 1.807) is 0 Å². The fourth-order valence-electron chi connectivity index (χ4n) is 9.30. The normalized spacial score (nSPS) is 15.0. The Morgan fingerprint density at radius 1 is 0.375 bits per heavy atom. The Morgan fingerprint density at radius 2 is 0.857 bits per heavy atom. The summed E-state index contributed by atoms with van der Waals surface area (Å²) in [6.45, 7) is 0. The zero-order valence-electron chi connectivity index (χ0n) is 30.2. The lowest BCUT2D eigenvalue weighted by Crippen LogP contribution is -2.32. The molecular weight excluding hydrogens is 685 g/mol. The maximum absolute atomic E-state index is 6.85. The van der Waals surface area contributed by atoms with Crippen molar-refractivity contribution in [2.24, 2.45) is 0 Å². The zero-order chi connectivity index (χ0) is 36.8. The third-order valence-corrected chi connectivity index (χ3v) is 11.6. The van der Waals surface area contributed by atoms with E-state index in [1.165, 1.54) is 22.3 Å². The summed E-state index contributed by atoms with van der Waals surface area (Å²) in [5.41, 5.74) is 14.6. The van der Waals surface area contributed by atoms with E-state index in [2.05, 4.69) is 203 Å². The van der Waals surface area contributed by atoms with Crippen LogP contribution >= 0.6 is 0 Å². The summed E-state index contributed by atoms with van der Waals surface area (Å²) < 4.78 is 11.4. The molecule has 262 valence electrons. The third kappa shape index (κ3) is 4.25. The number of aromatic nitrogens is 4. The fraction of sp³-hybridized carbons (Fsp3) is 0.0196. The number of rotatable bonds is 4. The number of ether oxygens (including phenoxy) is 1. The quantitative estimate of drug-likeness (QED) is 0.182. The van der Waals surface area contributed by atoms with Gasteiger partial charge >= 0.3 is 0 Å². The zero-order valence-corrected chi connectivity index (χ0v) is 30.2. The number of hydrogen-bond acceptors (Lipinski definition) is 3. The summed E-state index contributed by atoms with van der Waals surface area (Å²) in [5, 5.41) is 0. The summed E-state index contributed by atoms with van der Waals surface area (Å²) in [4.78, 5) is 10.6. The molecule has 1 aliphatic carbocycles. The van der Waals surface area contributed by atoms with Crippen LogP contribution in [0.4, 0.5) is 0 Å². The summed E-state index contributed by atoms with van der Waals surface area (Å²) in [5.74, 6) is 3.47. The highest BCUT2D eigenvalue weighted by atomic mass is 16.5. The molecular formula is C51H32N4O. The number of para-hydroxylation sites is 7. The highest BCUT2D eigenvalue weighted by molar-refractivity contribution is 5.92. The summed E-state index contributed by atoms with van der Waals surface area (Å²) in [6.07, 6.45) is 0. The molecule has 0 saturated heterocycles. The van der Waals surface area contributed by atoms with Gasteiger partial charge in [-0.15, -0.1) is 0 Å². The van der Waals surface area contributed by atoms with Gasteiger partial charge in [-0.1, -0.05) is 115 Å². The van der Waals surface area contributed by atoms with Crippen molar-refractivity contribution in [3.05, 3.63) is 216 Å². The van der Waals surface area contributed by atoms with Crippen LogP contribution in [0.15, 0.2) is 194 Å². The van der Waals surface area contributed by atoms with E-state index in [9.17, 15) is 0 Å². The van der Waals surface area contributed by atoms with E-state index in [4.69, 9.17) is 14.7 Å². The van der Waals surface area contributed by atoms with Gasteiger partial charge in [0, 0.05) is 33.6 Å². The van der Waals surface area contributed by atoms with Crippen molar-refractivity contribution in [3.8, 4) is 56.8 Å². The predicted octanol–water partition coefficient (Wildman–Crippen LogP) is 12.2. The molecule has 5 heteroatoms. The van der Waals surface area contributed by atoms with Gasteiger partial charge in [-0.3, -0.25) is 9.13 Å². The molecule has 0 fully saturated rings. The molecule has 2 aliphatic rings. The van der Waals surface area contributed by atoms with E-state index in [0.29, 0.717) is 0 Å². The van der Waals surface area contributed by atoms with E-state index >= 15 is 0 Å². The minimum atomic E-state index is -0.685. The average molecular weight is 717 g/mol. The first-order chi connectivity index (χ1) is 27.8. The molecule has 56 heavy (non-hydrogen) atoms. The standard InChI is InChI=1S/C51H32N4O/c1-3-15-35(16-4-1)54-45-24-12-10-22-43(45)52-49(54)33-27-29-38-37-19-7-8-20-39(37)51(41(38)31-33)40-21-9-14-26-47(40)56-48-30-28-34(32-42(48)51)50-53-44-23-11-13-25-46(44)55(50)36-17-5-2-6-18-36/h1-32H. The Labute approximate surface area is 323 Å². The van der Waals surface area contributed by atoms with Crippen LogP contribution in [0.25, 0.3) is 67.3 Å². The molecule has 1 aliphatic heterocycles. The van der Waals surface area contributed by atoms with Crippen LogP contribution in [0.5, 0.6) is 11.5 Å². The first-order valence-corrected chi connectivity index (χ1v) is 19.0. The van der Waals surface area contributed by atoms with Crippen molar-refractivity contribution in [2.45, 2.75) is 5.41 Å². The van der Waals surface area contributed by atoms with Gasteiger partial charge in [0.05, 0.1) is 27.5 Å². The van der Waals surface area contributed by atoms with Crippen LogP contribution in [0.1, 0.15) is 22.3 Å². The Bertz CT molecular complexity index is 3180. The van der Waals surface area contributed by atoms with Gasteiger partial charge in [0.1, 0.15) is 23.1 Å². The van der Waals surface area contributed by atoms with Crippen molar-refractivity contribution in [1.82, 2.24) is 19.1 Å². The second-order valence-electron chi connectivity index (χ2n) is 14.6. The molecule has 5 nitrogen and oxygen atoms in total. The van der Waals surface area contributed by atoms with Crippen molar-refractivity contribution < 1.29 is 4.74 Å². The molecule has 1 atom stereocenters. The molecule has 2 aromatic heterocycles. The number of nitrogens with zero attached hydrogens (tertiary/aromatic N) is 4. The minimum absolute atomic E-state index is 0.685. The largest absolute Gasteiger partial charge is 0.457 e. The second-order valence-corrected chi connectivity index (χ2v) is 14.6. The molecule has 3 heterocycles. The number of benzene rings is 8. The molecule has 12 rings (SSSR count). The smallest absolute Gasteiger partial charge is 0.145 e. The van der Waals surface area contributed by atoms with E-state index < -0.39 is 5.41 Å². The van der Waals surface area contributed by atoms with Gasteiger partial charge in [0.25, 0.3) is 0 Å². The van der Waals surface area contributed by atoms with Gasteiger partial charge < -0.3 is 4.74 Å². The minimum Gasteiger partial charge on any atom is -0.457 e. The highest BCUT2D eigenvalue weighted by Crippen LogP contribution is 2.62. The Kier molecular flexibility index (Phi) is 6.48. The van der Waals surface area contributed by atoms with Crippen LogP contribution in [0.2, 0.25) is 0 Å². The molecule has 0 saturated carbocycles. The van der Waals surface area contributed by atoms with Gasteiger partial charge in [0.2, 0.25) is 0 Å². The van der Waals surface area contributed by atoms with E-state index in [1.807, 2.05) is 0 Å². The molecule has 0 radical (unpaired) electrons. The number of fused-ring (bicyclic) bond motifs is 11. The van der Waals surface area contributed by atoms with Crippen molar-refractivity contribution in [1.29, 1.82) is 0 Å². The van der Waals surface area contributed by atoms with Crippen LogP contribution < -0.4 is 4.74 Å². The van der Waals surface area contributed by atoms with E-state index in [-0.39, 0.29) is 0 Å². The van der Waals surface area contributed by atoms with Gasteiger partial charge in [-0.05, 0) is 101 Å². The first kappa shape index (κ1) is 30.9. The average Bonchev–Trinajstić information content (AvgIpc) is 3.94. The molecule has 1 unspecified atom stereocenters. The topological polar surface area (TPSA) is 44.9 Å². The summed E-state index contributed by atoms with van der Waals surface area (Å²) in [7, 11) is 0. The molecule has 0 amide bonds. The number of imidazole rings is 2. The van der Waals surface area contributed by atoms with E-state index in [0.717, 1.165) is 78.8 Å². The fourth-order valence-corrected chi connectivity index (χ4v) is 9.30. The monoisotopic (exact) mass is 716 g/mol. The lowest BCUT2D eigenvalue weighted by molar-refractivity contribution is 0.436. The third-order valence-electron chi connectivity index (χ3n) is 11.6. The molecule has 10 aromatic rings. The Hall–Kier alpha value is -7.50. The molecule has 0 bridgehead atoms. The van der Waals surface area contributed by atoms with Crippen LogP contribution in [-0.4, -0.2) is 19.1 Å². The van der Waals surface area contributed by atoms with Crippen LogP contribution in [-0.2, 0) is 5.41 Å². The van der Waals surface area contributed by atoms with Crippen LogP contribution in [0, 0.1) is 0 Å². The van der Waals surface area contributed by atoms with Gasteiger partial charge in [-0.2, -0.15) is 0 Å². The van der Waals surface area contributed by atoms with Gasteiger partial charge in [0.15, 0.2) is 0 Å². The molecule has 8 aromatic carbocycles. The summed E-state index contributed by atoms with van der Waals surface area (Å²) >= 11 is 0. The molecule has 1 spiro atoms. The summed E-state index contributed by atoms with van der Waals surface area (Å²) in [6, 6.07) is 68.7. The highest BCUT2D eigenvalue weighted by Gasteiger charge is 2.51. The maximum Gasteiger partial charge on any atom is 0.145 e. The Morgan fingerprint density at radius 3 is 1.52 bits per heavy atom. The lowest BCUT2D eigenvalue weighted by atomic mass is 9.65. The number of hydrogen-bond donors (Lipinski definition) is 0. The lowest BCUT2D eigenvalue weighted by Gasteiger charge is -2.39.